The lowest BCUT2D eigenvalue weighted by Crippen LogP contribution is -2.38. The first-order valence-corrected chi connectivity index (χ1v) is 13.3. The molecule has 3 aromatic rings. The van der Waals surface area contributed by atoms with E-state index in [0.29, 0.717) is 11.5 Å². The highest BCUT2D eigenvalue weighted by Gasteiger charge is 2.31. The molecule has 3 nitrogen and oxygen atoms in total. The zero-order valence-corrected chi connectivity index (χ0v) is 21.7. The van der Waals surface area contributed by atoms with E-state index in [1.165, 1.54) is 24.3 Å². The number of nitrogens with zero attached hydrogens (tertiary/aromatic N) is 1. The molecule has 3 unspecified atom stereocenters. The number of piperidine rings is 1. The number of carboxylic acids is 1. The number of likely N-dealkylation sites (tertiary alicyclic amines) is 1. The van der Waals surface area contributed by atoms with Gasteiger partial charge in [0, 0.05) is 0 Å². The topological polar surface area (TPSA) is 40.5 Å². The van der Waals surface area contributed by atoms with Gasteiger partial charge < -0.3 is 5.11 Å². The summed E-state index contributed by atoms with van der Waals surface area (Å²) in [6.45, 7) is 5.56. The molecular formula is C29H30F4NO2P. The van der Waals surface area contributed by atoms with E-state index in [0.717, 1.165) is 59.8 Å². The quantitative estimate of drug-likeness (QED) is 0.280. The summed E-state index contributed by atoms with van der Waals surface area (Å²) in [5.41, 5.74) is 1.81. The molecule has 3 aromatic carbocycles. The summed E-state index contributed by atoms with van der Waals surface area (Å²) in [4.78, 5) is 14.1. The van der Waals surface area contributed by atoms with Crippen LogP contribution in [0.1, 0.15) is 60.9 Å². The monoisotopic (exact) mass is 531 g/mol. The van der Waals surface area contributed by atoms with Crippen molar-refractivity contribution in [1.29, 1.82) is 0 Å². The molecule has 196 valence electrons. The third-order valence-corrected chi connectivity index (χ3v) is 8.43. The van der Waals surface area contributed by atoms with Gasteiger partial charge >= 0.3 is 12.1 Å². The number of hydrogen-bond acceptors (Lipinski definition) is 2. The zero-order chi connectivity index (χ0) is 26.7. The minimum Gasteiger partial charge on any atom is -0.481 e. The molecule has 0 aromatic heterocycles. The highest BCUT2D eigenvalue weighted by atomic mass is 31.1. The number of carboxylic acid groups (broad SMARTS) is 1. The number of rotatable bonds is 7. The number of hydrogen-bond donors (Lipinski definition) is 1. The van der Waals surface area contributed by atoms with Crippen molar-refractivity contribution in [3.8, 4) is 0 Å². The van der Waals surface area contributed by atoms with Crippen LogP contribution in [0.5, 0.6) is 0 Å². The molecule has 0 spiro atoms. The van der Waals surface area contributed by atoms with E-state index < -0.39 is 23.6 Å². The van der Waals surface area contributed by atoms with Crippen LogP contribution in [0.3, 0.4) is 0 Å². The molecule has 4 rings (SSSR count). The fourth-order valence-corrected chi connectivity index (χ4v) is 6.00. The van der Waals surface area contributed by atoms with E-state index in [4.69, 9.17) is 0 Å². The van der Waals surface area contributed by atoms with Crippen molar-refractivity contribution in [2.45, 2.75) is 44.8 Å². The molecule has 0 aliphatic carbocycles. The fourth-order valence-electron chi connectivity index (χ4n) is 4.75. The van der Waals surface area contributed by atoms with Crippen LogP contribution in [0, 0.1) is 11.7 Å². The van der Waals surface area contributed by atoms with Gasteiger partial charge in [-0.05, 0) is 90.3 Å². The summed E-state index contributed by atoms with van der Waals surface area (Å²) >= 11 is 0. The summed E-state index contributed by atoms with van der Waals surface area (Å²) in [7, 11) is 0.0216. The number of carbonyl (C=O) groups is 1. The SMILES string of the molecule is CC1CCN(C(c2ccc(F)cc2)c2ccc(C(C)C(=O)O)cc2Pc2ccc(C(F)(F)F)cc2)CC1. The Hall–Kier alpha value is -2.76. The molecule has 1 aliphatic rings. The Balaban J connectivity index is 1.80. The maximum atomic E-state index is 13.8. The normalized spacial score (nSPS) is 17.2. The Bertz CT molecular complexity index is 1220. The van der Waals surface area contributed by atoms with Crippen molar-refractivity contribution >= 4 is 25.2 Å². The Morgan fingerprint density at radius 1 is 0.973 bits per heavy atom. The van der Waals surface area contributed by atoms with Gasteiger partial charge in [-0.25, -0.2) is 4.39 Å². The average molecular weight is 532 g/mol. The smallest absolute Gasteiger partial charge is 0.416 e. The van der Waals surface area contributed by atoms with Gasteiger partial charge in [-0.2, -0.15) is 13.2 Å². The molecule has 1 aliphatic heterocycles. The Morgan fingerprint density at radius 3 is 2.14 bits per heavy atom. The zero-order valence-electron chi connectivity index (χ0n) is 20.7. The minimum atomic E-state index is -4.41. The number of halogens is 4. The van der Waals surface area contributed by atoms with Crippen LogP contribution in [0.25, 0.3) is 0 Å². The first kappa shape index (κ1) is 27.3. The maximum absolute atomic E-state index is 13.8. The average Bonchev–Trinajstić information content (AvgIpc) is 2.86. The van der Waals surface area contributed by atoms with Crippen molar-refractivity contribution in [3.05, 3.63) is 94.8 Å². The van der Waals surface area contributed by atoms with Gasteiger partial charge in [0.1, 0.15) is 5.82 Å². The molecule has 8 heteroatoms. The molecule has 1 heterocycles. The summed E-state index contributed by atoms with van der Waals surface area (Å²) < 4.78 is 53.1. The van der Waals surface area contributed by atoms with Crippen molar-refractivity contribution in [3.63, 3.8) is 0 Å². The summed E-state index contributed by atoms with van der Waals surface area (Å²) in [6.07, 6.45) is -2.35. The predicted molar refractivity (Wildman–Crippen MR) is 140 cm³/mol. The number of benzene rings is 3. The van der Waals surface area contributed by atoms with E-state index in [-0.39, 0.29) is 20.4 Å². The largest absolute Gasteiger partial charge is 0.481 e. The molecule has 0 radical (unpaired) electrons. The van der Waals surface area contributed by atoms with Gasteiger partial charge in [0.2, 0.25) is 0 Å². The van der Waals surface area contributed by atoms with Crippen molar-refractivity contribution in [1.82, 2.24) is 4.90 Å². The Morgan fingerprint density at radius 2 is 1.57 bits per heavy atom. The fraction of sp³-hybridized carbons (Fsp3) is 0.345. The molecule has 1 saturated heterocycles. The molecule has 1 fully saturated rings. The Kier molecular flexibility index (Phi) is 8.35. The van der Waals surface area contributed by atoms with E-state index in [9.17, 15) is 27.5 Å². The van der Waals surface area contributed by atoms with Gasteiger partial charge in [-0.15, -0.1) is 0 Å². The molecule has 0 bridgehead atoms. The molecule has 0 amide bonds. The molecular weight excluding hydrogens is 501 g/mol. The highest BCUT2D eigenvalue weighted by molar-refractivity contribution is 7.55. The molecule has 37 heavy (non-hydrogen) atoms. The summed E-state index contributed by atoms with van der Waals surface area (Å²) in [5, 5.41) is 11.2. The van der Waals surface area contributed by atoms with Crippen LogP contribution in [0.2, 0.25) is 0 Å². The highest BCUT2D eigenvalue weighted by Crippen LogP contribution is 2.35. The number of alkyl halides is 3. The van der Waals surface area contributed by atoms with Crippen LogP contribution >= 0.6 is 8.58 Å². The van der Waals surface area contributed by atoms with Crippen molar-refractivity contribution in [2.75, 3.05) is 13.1 Å². The van der Waals surface area contributed by atoms with Gasteiger partial charge in [0.05, 0.1) is 17.5 Å². The lowest BCUT2D eigenvalue weighted by Gasteiger charge is -2.38. The minimum absolute atomic E-state index is 0.0216. The van der Waals surface area contributed by atoms with Gasteiger partial charge in [-0.3, -0.25) is 9.69 Å². The van der Waals surface area contributed by atoms with Crippen LogP contribution in [0.15, 0.2) is 66.7 Å². The van der Waals surface area contributed by atoms with Gasteiger partial charge in [0.15, 0.2) is 0 Å². The van der Waals surface area contributed by atoms with Crippen LogP contribution in [0.4, 0.5) is 17.6 Å². The third kappa shape index (κ3) is 6.58. The van der Waals surface area contributed by atoms with Crippen molar-refractivity contribution < 1.29 is 27.5 Å². The lowest BCUT2D eigenvalue weighted by atomic mass is 9.90. The summed E-state index contributed by atoms with van der Waals surface area (Å²) in [6, 6.07) is 17.0. The van der Waals surface area contributed by atoms with Gasteiger partial charge in [0.25, 0.3) is 0 Å². The first-order valence-electron chi connectivity index (χ1n) is 12.3. The second-order valence-electron chi connectivity index (χ2n) is 9.78. The Labute approximate surface area is 216 Å². The van der Waals surface area contributed by atoms with Crippen LogP contribution in [-0.2, 0) is 11.0 Å². The predicted octanol–water partition coefficient (Wildman–Crippen LogP) is 6.48. The second-order valence-corrected chi connectivity index (χ2v) is 11.1. The van der Waals surface area contributed by atoms with E-state index >= 15 is 0 Å². The van der Waals surface area contributed by atoms with E-state index in [1.807, 2.05) is 18.2 Å². The van der Waals surface area contributed by atoms with Gasteiger partial charge in [-0.1, -0.05) is 58.0 Å². The standard InChI is InChI=1S/C29H30F4NO2P/c1-18-13-15-34(16-14-18)27(20-3-8-23(30)9-4-20)25-12-5-21(19(2)28(35)36)17-26(25)37-24-10-6-22(7-11-24)29(31,32)33/h3-12,17-19,27,37H,13-16H2,1-2H3,(H,35,36). The number of aliphatic carboxylic acids is 1. The second kappa shape index (κ2) is 11.3. The van der Waals surface area contributed by atoms with E-state index in [1.54, 1.807) is 19.1 Å². The molecule has 1 N–H and O–H groups in total. The van der Waals surface area contributed by atoms with E-state index in [2.05, 4.69) is 11.8 Å². The molecule has 0 saturated carbocycles. The first-order chi connectivity index (χ1) is 17.5. The van der Waals surface area contributed by atoms with Crippen molar-refractivity contribution in [2.24, 2.45) is 5.92 Å². The molecule has 3 atom stereocenters. The summed E-state index contributed by atoms with van der Waals surface area (Å²) in [5.74, 6) is -1.40. The lowest BCUT2D eigenvalue weighted by molar-refractivity contribution is -0.138. The van der Waals surface area contributed by atoms with Crippen LogP contribution in [-0.4, -0.2) is 29.1 Å². The maximum Gasteiger partial charge on any atom is 0.416 e. The third-order valence-electron chi connectivity index (χ3n) is 7.10. The van der Waals surface area contributed by atoms with Crippen LogP contribution < -0.4 is 10.6 Å².